The molecule has 0 spiro atoms. The Hall–Kier alpha value is -0.690. The molecule has 0 amide bonds. The fraction of sp³-hybridized carbons (Fsp3) is 0.571. The molecule has 1 saturated heterocycles. The SMILES string of the molecule is Cc1ccc(S(=O)(=O)NCCC2CCCNC2)cc1F.Cl. The van der Waals surface area contributed by atoms with Gasteiger partial charge < -0.3 is 5.32 Å². The Morgan fingerprint density at radius 2 is 2.19 bits per heavy atom. The van der Waals surface area contributed by atoms with Crippen molar-refractivity contribution < 1.29 is 12.8 Å². The van der Waals surface area contributed by atoms with Crippen LogP contribution in [0.15, 0.2) is 23.1 Å². The van der Waals surface area contributed by atoms with Gasteiger partial charge in [0.15, 0.2) is 0 Å². The molecule has 0 bridgehead atoms. The van der Waals surface area contributed by atoms with E-state index >= 15 is 0 Å². The highest BCUT2D eigenvalue weighted by Gasteiger charge is 2.17. The average Bonchev–Trinajstić information content (AvgIpc) is 2.43. The van der Waals surface area contributed by atoms with Gasteiger partial charge in [-0.25, -0.2) is 17.5 Å². The summed E-state index contributed by atoms with van der Waals surface area (Å²) in [6.45, 7) is 3.99. The van der Waals surface area contributed by atoms with E-state index < -0.39 is 15.8 Å². The van der Waals surface area contributed by atoms with Gasteiger partial charge in [-0.15, -0.1) is 12.4 Å². The van der Waals surface area contributed by atoms with Crippen LogP contribution in [0.25, 0.3) is 0 Å². The zero-order valence-corrected chi connectivity index (χ0v) is 13.7. The number of halogens is 2. The maximum Gasteiger partial charge on any atom is 0.240 e. The van der Waals surface area contributed by atoms with Crippen LogP contribution in [-0.4, -0.2) is 28.1 Å². The molecule has 0 aromatic heterocycles. The van der Waals surface area contributed by atoms with Gasteiger partial charge in [0.05, 0.1) is 4.90 Å². The van der Waals surface area contributed by atoms with Gasteiger partial charge >= 0.3 is 0 Å². The predicted octanol–water partition coefficient (Wildman–Crippen LogP) is 2.22. The Bertz CT molecular complexity index is 560. The van der Waals surface area contributed by atoms with Crippen LogP contribution in [0.2, 0.25) is 0 Å². The van der Waals surface area contributed by atoms with Crippen molar-refractivity contribution in [1.29, 1.82) is 0 Å². The van der Waals surface area contributed by atoms with Crippen molar-refractivity contribution in [1.82, 2.24) is 10.0 Å². The summed E-state index contributed by atoms with van der Waals surface area (Å²) < 4.78 is 40.1. The molecule has 1 aliphatic heterocycles. The summed E-state index contributed by atoms with van der Waals surface area (Å²) in [5, 5.41) is 3.30. The molecule has 0 saturated carbocycles. The summed E-state index contributed by atoms with van der Waals surface area (Å²) >= 11 is 0. The summed E-state index contributed by atoms with van der Waals surface area (Å²) in [5.74, 6) is 0.0190. The summed E-state index contributed by atoms with van der Waals surface area (Å²) in [6.07, 6.45) is 3.08. The molecular formula is C14H22ClFN2O2S. The second-order valence-electron chi connectivity index (χ2n) is 5.31. The molecule has 2 rings (SSSR count). The zero-order valence-electron chi connectivity index (χ0n) is 12.1. The van der Waals surface area contributed by atoms with E-state index in [4.69, 9.17) is 0 Å². The minimum absolute atomic E-state index is 0. The first-order valence-corrected chi connectivity index (χ1v) is 8.44. The van der Waals surface area contributed by atoms with Crippen LogP contribution in [0.1, 0.15) is 24.8 Å². The van der Waals surface area contributed by atoms with E-state index in [1.165, 1.54) is 12.1 Å². The lowest BCUT2D eigenvalue weighted by molar-refractivity contribution is 0.358. The number of sulfonamides is 1. The summed E-state index contributed by atoms with van der Waals surface area (Å²) in [4.78, 5) is -0.0117. The van der Waals surface area contributed by atoms with E-state index in [1.54, 1.807) is 6.92 Å². The lowest BCUT2D eigenvalue weighted by atomic mass is 9.96. The molecule has 1 fully saturated rings. The highest BCUT2D eigenvalue weighted by atomic mass is 35.5. The summed E-state index contributed by atoms with van der Waals surface area (Å²) in [6, 6.07) is 3.98. The van der Waals surface area contributed by atoms with Gasteiger partial charge in [0.2, 0.25) is 10.0 Å². The third kappa shape index (κ3) is 5.21. The zero-order chi connectivity index (χ0) is 14.6. The van der Waals surface area contributed by atoms with E-state index in [1.807, 2.05) is 0 Å². The second-order valence-corrected chi connectivity index (χ2v) is 7.08. The fourth-order valence-corrected chi connectivity index (χ4v) is 3.45. The van der Waals surface area contributed by atoms with E-state index in [-0.39, 0.29) is 17.3 Å². The molecule has 1 heterocycles. The van der Waals surface area contributed by atoms with Gasteiger partial charge in [0.1, 0.15) is 5.82 Å². The van der Waals surface area contributed by atoms with Crippen molar-refractivity contribution in [3.63, 3.8) is 0 Å². The number of rotatable bonds is 5. The maximum absolute atomic E-state index is 13.4. The number of hydrogen-bond donors (Lipinski definition) is 2. The van der Waals surface area contributed by atoms with Crippen molar-refractivity contribution >= 4 is 22.4 Å². The highest BCUT2D eigenvalue weighted by molar-refractivity contribution is 7.89. The van der Waals surface area contributed by atoms with Crippen molar-refractivity contribution in [2.24, 2.45) is 5.92 Å². The summed E-state index contributed by atoms with van der Waals surface area (Å²) in [7, 11) is -3.61. The Labute approximate surface area is 132 Å². The highest BCUT2D eigenvalue weighted by Crippen LogP contribution is 2.16. The Kier molecular flexibility index (Phi) is 7.06. The molecular weight excluding hydrogens is 315 g/mol. The van der Waals surface area contributed by atoms with Crippen LogP contribution >= 0.6 is 12.4 Å². The first-order chi connectivity index (χ1) is 9.49. The molecule has 7 heteroatoms. The van der Waals surface area contributed by atoms with Crippen LogP contribution in [0.4, 0.5) is 4.39 Å². The third-order valence-corrected chi connectivity index (χ3v) is 5.16. The molecule has 1 aromatic rings. The van der Waals surface area contributed by atoms with E-state index in [2.05, 4.69) is 10.0 Å². The molecule has 0 radical (unpaired) electrons. The molecule has 1 aliphatic rings. The largest absolute Gasteiger partial charge is 0.316 e. The molecule has 2 N–H and O–H groups in total. The fourth-order valence-electron chi connectivity index (χ4n) is 2.39. The van der Waals surface area contributed by atoms with Crippen molar-refractivity contribution in [2.75, 3.05) is 19.6 Å². The Morgan fingerprint density at radius 3 is 2.81 bits per heavy atom. The van der Waals surface area contributed by atoms with Crippen molar-refractivity contribution in [3.05, 3.63) is 29.6 Å². The van der Waals surface area contributed by atoms with Gasteiger partial charge in [-0.3, -0.25) is 0 Å². The van der Waals surface area contributed by atoms with Gasteiger partial charge in [-0.2, -0.15) is 0 Å². The Morgan fingerprint density at radius 1 is 1.43 bits per heavy atom. The minimum Gasteiger partial charge on any atom is -0.316 e. The molecule has 0 aliphatic carbocycles. The van der Waals surface area contributed by atoms with Crippen LogP contribution in [0.5, 0.6) is 0 Å². The first-order valence-electron chi connectivity index (χ1n) is 6.95. The normalized spacial score (nSPS) is 19.0. The second kappa shape index (κ2) is 8.08. The molecule has 21 heavy (non-hydrogen) atoms. The average molecular weight is 337 g/mol. The quantitative estimate of drug-likeness (QED) is 0.867. The predicted molar refractivity (Wildman–Crippen MR) is 83.8 cm³/mol. The van der Waals surface area contributed by atoms with Crippen LogP contribution in [-0.2, 0) is 10.0 Å². The van der Waals surface area contributed by atoms with Crippen molar-refractivity contribution in [3.8, 4) is 0 Å². The van der Waals surface area contributed by atoms with E-state index in [0.717, 1.165) is 38.4 Å². The monoisotopic (exact) mass is 336 g/mol. The van der Waals surface area contributed by atoms with Gasteiger partial charge in [0.25, 0.3) is 0 Å². The summed E-state index contributed by atoms with van der Waals surface area (Å²) in [5.41, 5.74) is 0.442. The number of nitrogens with one attached hydrogen (secondary N) is 2. The lowest BCUT2D eigenvalue weighted by Crippen LogP contribution is -2.33. The number of piperidine rings is 1. The topological polar surface area (TPSA) is 58.2 Å². The van der Waals surface area contributed by atoms with Gasteiger partial charge in [0, 0.05) is 6.54 Å². The molecule has 1 atom stereocenters. The first kappa shape index (κ1) is 18.4. The van der Waals surface area contributed by atoms with E-state index in [9.17, 15) is 12.8 Å². The number of hydrogen-bond acceptors (Lipinski definition) is 3. The Balaban J connectivity index is 0.00000220. The van der Waals surface area contributed by atoms with Gasteiger partial charge in [-0.05, 0) is 62.9 Å². The van der Waals surface area contributed by atoms with Crippen LogP contribution < -0.4 is 10.0 Å². The van der Waals surface area contributed by atoms with Crippen LogP contribution in [0.3, 0.4) is 0 Å². The van der Waals surface area contributed by atoms with Gasteiger partial charge in [-0.1, -0.05) is 6.07 Å². The maximum atomic E-state index is 13.4. The third-order valence-electron chi connectivity index (χ3n) is 3.70. The lowest BCUT2D eigenvalue weighted by Gasteiger charge is -2.22. The van der Waals surface area contributed by atoms with E-state index in [0.29, 0.717) is 18.0 Å². The smallest absolute Gasteiger partial charge is 0.240 e. The molecule has 1 unspecified atom stereocenters. The molecule has 4 nitrogen and oxygen atoms in total. The minimum atomic E-state index is -3.61. The molecule has 120 valence electrons. The number of aryl methyl sites for hydroxylation is 1. The van der Waals surface area contributed by atoms with Crippen molar-refractivity contribution in [2.45, 2.75) is 31.1 Å². The van der Waals surface area contributed by atoms with Crippen LogP contribution in [0, 0.1) is 18.7 Å². The number of benzene rings is 1. The molecule has 1 aromatic carbocycles. The standard InChI is InChI=1S/C14H21FN2O2S.ClH/c1-11-4-5-13(9-14(11)15)20(18,19)17-8-6-12-3-2-7-16-10-12;/h4-5,9,12,16-17H,2-3,6-8,10H2,1H3;1H.